The zero-order chi connectivity index (χ0) is 15.8. The van der Waals surface area contributed by atoms with Gasteiger partial charge in [-0.25, -0.2) is 0 Å². The first-order chi connectivity index (χ1) is 10.7. The zero-order valence-electron chi connectivity index (χ0n) is 13.8. The molecule has 0 saturated carbocycles. The molecule has 0 bridgehead atoms. The third-order valence-electron chi connectivity index (χ3n) is 4.29. The van der Waals surface area contributed by atoms with E-state index in [9.17, 15) is 4.79 Å². The summed E-state index contributed by atoms with van der Waals surface area (Å²) in [6, 6.07) is 9.23. The SMILES string of the molecule is COCCCNC(=O)CN1CCCC1Cc1ccc(C)cc1. The Morgan fingerprint density at radius 2 is 2.14 bits per heavy atom. The second-order valence-corrected chi connectivity index (χ2v) is 6.15. The lowest BCUT2D eigenvalue weighted by molar-refractivity contribution is -0.122. The molecule has 1 aromatic carbocycles. The van der Waals surface area contributed by atoms with E-state index in [4.69, 9.17) is 4.74 Å². The second kappa shape index (κ2) is 8.91. The highest BCUT2D eigenvalue weighted by Gasteiger charge is 2.26. The summed E-state index contributed by atoms with van der Waals surface area (Å²) in [5.74, 6) is 0.131. The number of benzene rings is 1. The molecule has 1 aliphatic heterocycles. The molecular formula is C18H28N2O2. The molecule has 22 heavy (non-hydrogen) atoms. The molecule has 4 heteroatoms. The van der Waals surface area contributed by atoms with Crippen molar-refractivity contribution in [3.63, 3.8) is 0 Å². The maximum absolute atomic E-state index is 12.0. The van der Waals surface area contributed by atoms with Crippen molar-refractivity contribution in [3.05, 3.63) is 35.4 Å². The topological polar surface area (TPSA) is 41.6 Å². The van der Waals surface area contributed by atoms with Crippen LogP contribution in [-0.2, 0) is 16.0 Å². The van der Waals surface area contributed by atoms with Crippen LogP contribution in [0, 0.1) is 6.92 Å². The van der Waals surface area contributed by atoms with E-state index in [1.165, 1.54) is 24.0 Å². The normalized spacial score (nSPS) is 18.5. The second-order valence-electron chi connectivity index (χ2n) is 6.15. The van der Waals surface area contributed by atoms with Crippen molar-refractivity contribution in [2.75, 3.05) is 33.4 Å². The Morgan fingerprint density at radius 1 is 1.36 bits per heavy atom. The van der Waals surface area contributed by atoms with E-state index in [2.05, 4.69) is 41.4 Å². The number of carbonyl (C=O) groups is 1. The van der Waals surface area contributed by atoms with Crippen LogP contribution >= 0.6 is 0 Å². The molecule has 1 saturated heterocycles. The van der Waals surface area contributed by atoms with Gasteiger partial charge in [0.1, 0.15) is 0 Å². The van der Waals surface area contributed by atoms with Crippen LogP contribution < -0.4 is 5.32 Å². The van der Waals surface area contributed by atoms with Crippen molar-refractivity contribution in [1.29, 1.82) is 0 Å². The monoisotopic (exact) mass is 304 g/mol. The molecule has 0 aromatic heterocycles. The molecule has 1 unspecified atom stereocenters. The highest BCUT2D eigenvalue weighted by atomic mass is 16.5. The number of nitrogens with zero attached hydrogens (tertiary/aromatic N) is 1. The van der Waals surface area contributed by atoms with Gasteiger partial charge in [0.05, 0.1) is 6.54 Å². The summed E-state index contributed by atoms with van der Waals surface area (Å²) in [6.07, 6.45) is 4.28. The Kier molecular flexibility index (Phi) is 6.87. The Hall–Kier alpha value is -1.39. The predicted octanol–water partition coefficient (Wildman–Crippen LogP) is 2.15. The summed E-state index contributed by atoms with van der Waals surface area (Å²) in [5.41, 5.74) is 2.66. The average Bonchev–Trinajstić information content (AvgIpc) is 2.93. The Labute approximate surface area is 133 Å². The molecule has 1 aromatic rings. The fourth-order valence-corrected chi connectivity index (χ4v) is 3.02. The van der Waals surface area contributed by atoms with Crippen LogP contribution in [0.3, 0.4) is 0 Å². The van der Waals surface area contributed by atoms with Gasteiger partial charge in [0.25, 0.3) is 0 Å². The van der Waals surface area contributed by atoms with Crippen molar-refractivity contribution < 1.29 is 9.53 Å². The number of hydrogen-bond donors (Lipinski definition) is 1. The molecule has 2 rings (SSSR count). The van der Waals surface area contributed by atoms with Gasteiger partial charge in [-0.15, -0.1) is 0 Å². The largest absolute Gasteiger partial charge is 0.385 e. The summed E-state index contributed by atoms with van der Waals surface area (Å²) in [7, 11) is 1.68. The lowest BCUT2D eigenvalue weighted by Crippen LogP contribution is -2.41. The number of amides is 1. The fraction of sp³-hybridized carbons (Fsp3) is 0.611. The van der Waals surface area contributed by atoms with Gasteiger partial charge in [0.2, 0.25) is 5.91 Å². The van der Waals surface area contributed by atoms with Crippen LogP contribution in [0.25, 0.3) is 0 Å². The van der Waals surface area contributed by atoms with Crippen molar-refractivity contribution in [1.82, 2.24) is 10.2 Å². The first-order valence-electron chi connectivity index (χ1n) is 8.24. The van der Waals surface area contributed by atoms with Crippen molar-refractivity contribution in [3.8, 4) is 0 Å². The predicted molar refractivity (Wildman–Crippen MR) is 89.0 cm³/mol. The molecule has 0 spiro atoms. The molecule has 1 N–H and O–H groups in total. The van der Waals surface area contributed by atoms with Crippen LogP contribution in [0.4, 0.5) is 0 Å². The molecule has 4 nitrogen and oxygen atoms in total. The number of nitrogens with one attached hydrogen (secondary N) is 1. The number of aryl methyl sites for hydroxylation is 1. The summed E-state index contributed by atoms with van der Waals surface area (Å²) >= 11 is 0. The van der Waals surface area contributed by atoms with Crippen LogP contribution in [0.15, 0.2) is 24.3 Å². The van der Waals surface area contributed by atoms with E-state index in [1.54, 1.807) is 7.11 Å². The van der Waals surface area contributed by atoms with E-state index in [-0.39, 0.29) is 5.91 Å². The number of ether oxygens (including phenoxy) is 1. The van der Waals surface area contributed by atoms with E-state index < -0.39 is 0 Å². The third-order valence-corrected chi connectivity index (χ3v) is 4.29. The highest BCUT2D eigenvalue weighted by molar-refractivity contribution is 5.78. The summed E-state index contributed by atoms with van der Waals surface area (Å²) in [6.45, 7) is 5.05. The van der Waals surface area contributed by atoms with E-state index in [0.717, 1.165) is 19.4 Å². The molecule has 0 aliphatic carbocycles. The van der Waals surface area contributed by atoms with Gasteiger partial charge in [0.15, 0.2) is 0 Å². The van der Waals surface area contributed by atoms with Crippen molar-refractivity contribution in [2.24, 2.45) is 0 Å². The minimum absolute atomic E-state index is 0.131. The standard InChI is InChI=1S/C18H28N2O2/c1-15-6-8-16(9-7-15)13-17-5-3-11-20(17)14-18(21)19-10-4-12-22-2/h6-9,17H,3-5,10-14H2,1-2H3,(H,19,21). The highest BCUT2D eigenvalue weighted by Crippen LogP contribution is 2.21. The van der Waals surface area contributed by atoms with E-state index in [1.807, 2.05) is 0 Å². The lowest BCUT2D eigenvalue weighted by Gasteiger charge is -2.24. The molecule has 1 fully saturated rings. The molecule has 1 amide bonds. The summed E-state index contributed by atoms with van der Waals surface area (Å²) in [4.78, 5) is 14.3. The average molecular weight is 304 g/mol. The summed E-state index contributed by atoms with van der Waals surface area (Å²) < 4.78 is 4.99. The van der Waals surface area contributed by atoms with Gasteiger partial charge < -0.3 is 10.1 Å². The molecule has 1 atom stereocenters. The first kappa shape index (κ1) is 17.0. The minimum Gasteiger partial charge on any atom is -0.385 e. The molecule has 1 heterocycles. The Morgan fingerprint density at radius 3 is 2.86 bits per heavy atom. The molecule has 0 radical (unpaired) electrons. The Bertz CT molecular complexity index is 459. The van der Waals surface area contributed by atoms with Crippen LogP contribution in [0.5, 0.6) is 0 Å². The van der Waals surface area contributed by atoms with E-state index in [0.29, 0.717) is 25.7 Å². The number of rotatable bonds is 8. The van der Waals surface area contributed by atoms with Gasteiger partial charge in [0, 0.05) is 26.3 Å². The number of carbonyl (C=O) groups excluding carboxylic acids is 1. The van der Waals surface area contributed by atoms with Crippen molar-refractivity contribution >= 4 is 5.91 Å². The van der Waals surface area contributed by atoms with E-state index >= 15 is 0 Å². The number of methoxy groups -OCH3 is 1. The van der Waals surface area contributed by atoms with Gasteiger partial charge in [-0.3, -0.25) is 9.69 Å². The van der Waals surface area contributed by atoms with Gasteiger partial charge in [-0.2, -0.15) is 0 Å². The maximum Gasteiger partial charge on any atom is 0.234 e. The van der Waals surface area contributed by atoms with Crippen LogP contribution in [0.1, 0.15) is 30.4 Å². The zero-order valence-corrected chi connectivity index (χ0v) is 13.8. The maximum atomic E-state index is 12.0. The molecular weight excluding hydrogens is 276 g/mol. The van der Waals surface area contributed by atoms with Gasteiger partial charge >= 0.3 is 0 Å². The fourth-order valence-electron chi connectivity index (χ4n) is 3.02. The van der Waals surface area contributed by atoms with Crippen LogP contribution in [0.2, 0.25) is 0 Å². The lowest BCUT2D eigenvalue weighted by atomic mass is 10.0. The van der Waals surface area contributed by atoms with Crippen molar-refractivity contribution in [2.45, 2.75) is 38.6 Å². The third kappa shape index (κ3) is 5.43. The summed E-state index contributed by atoms with van der Waals surface area (Å²) in [5, 5.41) is 2.98. The van der Waals surface area contributed by atoms with Crippen LogP contribution in [-0.4, -0.2) is 50.2 Å². The van der Waals surface area contributed by atoms with Gasteiger partial charge in [-0.05, 0) is 44.7 Å². The Balaban J connectivity index is 1.77. The smallest absolute Gasteiger partial charge is 0.234 e. The molecule has 1 aliphatic rings. The minimum atomic E-state index is 0.131. The van der Waals surface area contributed by atoms with Gasteiger partial charge in [-0.1, -0.05) is 29.8 Å². The quantitative estimate of drug-likeness (QED) is 0.748. The number of hydrogen-bond acceptors (Lipinski definition) is 3. The molecule has 122 valence electrons. The first-order valence-corrected chi connectivity index (χ1v) is 8.24. The number of likely N-dealkylation sites (tertiary alicyclic amines) is 1.